The molecule has 7 heteroatoms. The van der Waals surface area contributed by atoms with Crippen molar-refractivity contribution in [1.82, 2.24) is 4.57 Å². The number of rotatable bonds is 7. The first-order valence-corrected chi connectivity index (χ1v) is 10.8. The molecule has 0 saturated heterocycles. The summed E-state index contributed by atoms with van der Waals surface area (Å²) in [4.78, 5) is 13.3. The van der Waals surface area contributed by atoms with Gasteiger partial charge in [0.05, 0.1) is 12.2 Å². The minimum absolute atomic E-state index is 0.0548. The van der Waals surface area contributed by atoms with Crippen LogP contribution in [0.2, 0.25) is 0 Å². The second-order valence-electron chi connectivity index (χ2n) is 8.03. The van der Waals surface area contributed by atoms with Gasteiger partial charge in [0.2, 0.25) is 0 Å². The average Bonchev–Trinajstić information content (AvgIpc) is 2.87. The highest BCUT2D eigenvalue weighted by Gasteiger charge is 2.37. The Labute approximate surface area is 200 Å². The molecule has 4 aromatic rings. The van der Waals surface area contributed by atoms with Crippen molar-refractivity contribution in [3.8, 4) is 28.8 Å². The molecule has 0 radical (unpaired) electrons. The molecule has 0 aliphatic heterocycles. The number of ether oxygens (including phenoxy) is 1. The zero-order valence-corrected chi connectivity index (χ0v) is 18.8. The number of aromatic nitrogens is 1. The number of aryl methyl sites for hydroxylation is 1. The summed E-state index contributed by atoms with van der Waals surface area (Å²) in [5, 5.41) is 9.51. The van der Waals surface area contributed by atoms with Crippen molar-refractivity contribution in [2.45, 2.75) is 19.4 Å². The second-order valence-corrected chi connectivity index (χ2v) is 8.03. The first-order valence-electron chi connectivity index (χ1n) is 10.8. The zero-order chi connectivity index (χ0) is 25.0. The first kappa shape index (κ1) is 23.8. The molecule has 0 saturated carbocycles. The summed E-state index contributed by atoms with van der Waals surface area (Å²) in [7, 11) is 0. The normalized spacial score (nSPS) is 11.2. The highest BCUT2D eigenvalue weighted by molar-refractivity contribution is 5.64. The monoisotopic (exact) mass is 474 g/mol. The van der Waals surface area contributed by atoms with Crippen LogP contribution in [0, 0.1) is 18.3 Å². The average molecular weight is 474 g/mol. The van der Waals surface area contributed by atoms with Crippen molar-refractivity contribution in [1.29, 1.82) is 5.26 Å². The molecule has 0 N–H and O–H groups in total. The van der Waals surface area contributed by atoms with Crippen molar-refractivity contribution in [3.05, 3.63) is 118 Å². The summed E-state index contributed by atoms with van der Waals surface area (Å²) < 4.78 is 49.2. The van der Waals surface area contributed by atoms with Gasteiger partial charge in [0.1, 0.15) is 23.1 Å². The molecule has 4 rings (SSSR count). The fourth-order valence-corrected chi connectivity index (χ4v) is 3.79. The molecule has 0 unspecified atom stereocenters. The third kappa shape index (κ3) is 4.97. The van der Waals surface area contributed by atoms with Crippen LogP contribution in [0.15, 0.2) is 89.7 Å². The van der Waals surface area contributed by atoms with E-state index in [2.05, 4.69) is 0 Å². The van der Waals surface area contributed by atoms with Crippen LogP contribution in [0.3, 0.4) is 0 Å². The number of hydrogen-bond acceptors (Lipinski definition) is 3. The van der Waals surface area contributed by atoms with E-state index in [1.165, 1.54) is 4.57 Å². The minimum atomic E-state index is -3.98. The summed E-state index contributed by atoms with van der Waals surface area (Å²) in [6.07, 6.45) is 0. The number of para-hydroxylation sites is 1. The van der Waals surface area contributed by atoms with Gasteiger partial charge in [0.25, 0.3) is 5.56 Å². The molecule has 0 aliphatic rings. The lowest BCUT2D eigenvalue weighted by atomic mass is 9.99. The van der Waals surface area contributed by atoms with E-state index in [9.17, 15) is 23.2 Å². The SMILES string of the molecule is Cc1ccccc1Cn1c(-c2ccc(Oc3ccccc3)cc2)cc(C(F)(F)CF)c(C#N)c1=O. The molecule has 4 nitrogen and oxygen atoms in total. The van der Waals surface area contributed by atoms with E-state index in [0.29, 0.717) is 17.1 Å². The summed E-state index contributed by atoms with van der Waals surface area (Å²) in [6.45, 7) is -0.0991. The van der Waals surface area contributed by atoms with Crippen molar-refractivity contribution in [2.24, 2.45) is 0 Å². The number of nitrogens with zero attached hydrogens (tertiary/aromatic N) is 2. The lowest BCUT2D eigenvalue weighted by molar-refractivity contribution is -0.0285. The fourth-order valence-electron chi connectivity index (χ4n) is 3.79. The summed E-state index contributed by atoms with van der Waals surface area (Å²) >= 11 is 0. The summed E-state index contributed by atoms with van der Waals surface area (Å²) in [6, 6.07) is 25.6. The van der Waals surface area contributed by atoms with E-state index >= 15 is 0 Å². The van der Waals surface area contributed by atoms with Crippen LogP contribution in [-0.2, 0) is 12.5 Å². The lowest BCUT2D eigenvalue weighted by Crippen LogP contribution is -2.30. The molecule has 1 aromatic heterocycles. The minimum Gasteiger partial charge on any atom is -0.457 e. The number of alkyl halides is 3. The molecular formula is C28H21F3N2O2. The standard InChI is InChI=1S/C28H21F3N2O2/c1-19-7-5-6-8-21(19)17-33-26(15-25(28(30,31)18-29)24(16-32)27(33)34)20-11-13-23(14-12-20)35-22-9-3-2-4-10-22/h2-15H,17-18H2,1H3. The van der Waals surface area contributed by atoms with Gasteiger partial charge in [-0.15, -0.1) is 0 Å². The molecule has 0 atom stereocenters. The van der Waals surface area contributed by atoms with Crippen LogP contribution in [-0.4, -0.2) is 11.2 Å². The van der Waals surface area contributed by atoms with Crippen LogP contribution in [0.5, 0.6) is 11.5 Å². The van der Waals surface area contributed by atoms with E-state index in [1.54, 1.807) is 48.5 Å². The number of nitriles is 1. The molecule has 3 aromatic carbocycles. The van der Waals surface area contributed by atoms with Crippen molar-refractivity contribution < 1.29 is 17.9 Å². The molecule has 0 aliphatic carbocycles. The van der Waals surface area contributed by atoms with Gasteiger partial charge in [-0.25, -0.2) is 4.39 Å². The molecule has 0 bridgehead atoms. The zero-order valence-electron chi connectivity index (χ0n) is 18.8. The Morgan fingerprint density at radius 2 is 1.57 bits per heavy atom. The number of hydrogen-bond donors (Lipinski definition) is 0. The van der Waals surface area contributed by atoms with Crippen molar-refractivity contribution in [2.75, 3.05) is 6.67 Å². The molecule has 35 heavy (non-hydrogen) atoms. The van der Waals surface area contributed by atoms with Crippen LogP contribution in [0.25, 0.3) is 11.3 Å². The van der Waals surface area contributed by atoms with Crippen LogP contribution < -0.4 is 10.3 Å². The van der Waals surface area contributed by atoms with Gasteiger partial charge in [-0.2, -0.15) is 14.0 Å². The van der Waals surface area contributed by atoms with Crippen molar-refractivity contribution >= 4 is 0 Å². The quantitative estimate of drug-likeness (QED) is 0.303. The Morgan fingerprint density at radius 1 is 0.943 bits per heavy atom. The third-order valence-corrected chi connectivity index (χ3v) is 5.69. The fraction of sp³-hybridized carbons (Fsp3) is 0.143. The maximum absolute atomic E-state index is 14.4. The summed E-state index contributed by atoms with van der Waals surface area (Å²) in [5.74, 6) is -2.84. The molecule has 0 fully saturated rings. The third-order valence-electron chi connectivity index (χ3n) is 5.69. The number of pyridine rings is 1. The van der Waals surface area contributed by atoms with Gasteiger partial charge >= 0.3 is 5.92 Å². The van der Waals surface area contributed by atoms with Gasteiger partial charge in [-0.3, -0.25) is 4.79 Å². The second kappa shape index (κ2) is 9.90. The molecule has 176 valence electrons. The molecular weight excluding hydrogens is 453 g/mol. The Balaban J connectivity index is 1.86. The van der Waals surface area contributed by atoms with Crippen LogP contribution in [0.4, 0.5) is 13.2 Å². The highest BCUT2D eigenvalue weighted by atomic mass is 19.3. The first-order chi connectivity index (χ1) is 16.8. The number of halogens is 3. The van der Waals surface area contributed by atoms with E-state index in [1.807, 2.05) is 43.3 Å². The van der Waals surface area contributed by atoms with Gasteiger partial charge in [0, 0.05) is 5.56 Å². The van der Waals surface area contributed by atoms with E-state index < -0.39 is 29.3 Å². The van der Waals surface area contributed by atoms with Crippen molar-refractivity contribution in [3.63, 3.8) is 0 Å². The Morgan fingerprint density at radius 3 is 2.20 bits per heavy atom. The molecule has 0 spiro atoms. The maximum Gasteiger partial charge on any atom is 0.302 e. The van der Waals surface area contributed by atoms with E-state index in [-0.39, 0.29) is 12.2 Å². The predicted octanol–water partition coefficient (Wildman–Crippen LogP) is 6.60. The van der Waals surface area contributed by atoms with Gasteiger partial charge in [-0.1, -0.05) is 42.5 Å². The summed E-state index contributed by atoms with van der Waals surface area (Å²) in [5.41, 5.74) is -0.325. The van der Waals surface area contributed by atoms with E-state index in [0.717, 1.165) is 17.2 Å². The molecule has 0 amide bonds. The Kier molecular flexibility index (Phi) is 6.74. The van der Waals surface area contributed by atoms with Gasteiger partial charge in [-0.05, 0) is 66.1 Å². The highest BCUT2D eigenvalue weighted by Crippen LogP contribution is 2.34. The van der Waals surface area contributed by atoms with Gasteiger partial charge < -0.3 is 9.30 Å². The number of benzene rings is 3. The lowest BCUT2D eigenvalue weighted by Gasteiger charge is -2.20. The Hall–Kier alpha value is -4.31. The smallest absolute Gasteiger partial charge is 0.302 e. The van der Waals surface area contributed by atoms with Crippen LogP contribution >= 0.6 is 0 Å². The largest absolute Gasteiger partial charge is 0.457 e. The molecule has 1 heterocycles. The topological polar surface area (TPSA) is 55.0 Å². The Bertz CT molecular complexity index is 1440. The van der Waals surface area contributed by atoms with E-state index in [4.69, 9.17) is 4.74 Å². The predicted molar refractivity (Wildman–Crippen MR) is 128 cm³/mol. The van der Waals surface area contributed by atoms with Gasteiger partial charge in [0.15, 0.2) is 6.67 Å². The van der Waals surface area contributed by atoms with Crippen LogP contribution in [0.1, 0.15) is 22.3 Å². The maximum atomic E-state index is 14.4.